The lowest BCUT2D eigenvalue weighted by atomic mass is 10.0. The van der Waals surface area contributed by atoms with E-state index >= 15 is 0 Å². The zero-order valence-electron chi connectivity index (χ0n) is 10.6. The first-order chi connectivity index (χ1) is 8.02. The van der Waals surface area contributed by atoms with E-state index in [1.807, 2.05) is 37.2 Å². The third kappa shape index (κ3) is 2.58. The molecule has 1 aromatic rings. The van der Waals surface area contributed by atoms with Gasteiger partial charge in [0.15, 0.2) is 0 Å². The van der Waals surface area contributed by atoms with Gasteiger partial charge in [-0.1, -0.05) is 18.7 Å². The molecule has 4 nitrogen and oxygen atoms in total. The molecule has 0 aliphatic heterocycles. The average Bonchev–Trinajstić information content (AvgIpc) is 2.35. The van der Waals surface area contributed by atoms with Crippen LogP contribution in [-0.2, 0) is 9.53 Å². The Labute approximate surface area is 101 Å². The monoisotopic (exact) mass is 235 g/mol. The Morgan fingerprint density at radius 1 is 1.29 bits per heavy atom. The minimum Gasteiger partial charge on any atom is -0.495 e. The van der Waals surface area contributed by atoms with E-state index in [4.69, 9.17) is 4.74 Å². The molecule has 0 aliphatic carbocycles. The second kappa shape index (κ2) is 5.39. The molecule has 0 atom stereocenters. The van der Waals surface area contributed by atoms with Crippen LogP contribution in [0.4, 0.5) is 5.69 Å². The topological polar surface area (TPSA) is 38.8 Å². The minimum absolute atomic E-state index is 0.315. The van der Waals surface area contributed by atoms with E-state index in [1.165, 1.54) is 7.11 Å². The van der Waals surface area contributed by atoms with E-state index in [9.17, 15) is 4.79 Å². The van der Waals surface area contributed by atoms with Crippen LogP contribution in [0.25, 0.3) is 5.57 Å². The second-order valence-corrected chi connectivity index (χ2v) is 3.72. The van der Waals surface area contributed by atoms with Gasteiger partial charge in [-0.2, -0.15) is 0 Å². The number of benzene rings is 1. The van der Waals surface area contributed by atoms with Gasteiger partial charge < -0.3 is 14.4 Å². The summed E-state index contributed by atoms with van der Waals surface area (Å²) >= 11 is 0. The minimum atomic E-state index is -0.443. The van der Waals surface area contributed by atoms with Gasteiger partial charge in [0.25, 0.3) is 0 Å². The summed E-state index contributed by atoms with van der Waals surface area (Å²) in [5.41, 5.74) is 1.83. The Morgan fingerprint density at radius 2 is 1.94 bits per heavy atom. The number of hydrogen-bond donors (Lipinski definition) is 0. The Morgan fingerprint density at radius 3 is 2.41 bits per heavy atom. The smallest absolute Gasteiger partial charge is 0.337 e. The number of rotatable bonds is 4. The molecule has 0 aliphatic rings. The molecule has 0 radical (unpaired) electrons. The lowest BCUT2D eigenvalue weighted by Crippen LogP contribution is -2.14. The third-order valence-corrected chi connectivity index (χ3v) is 2.42. The molecule has 0 saturated carbocycles. The van der Waals surface area contributed by atoms with Crippen LogP contribution in [0.15, 0.2) is 24.8 Å². The first kappa shape index (κ1) is 13.1. The van der Waals surface area contributed by atoms with Crippen LogP contribution in [-0.4, -0.2) is 34.3 Å². The summed E-state index contributed by atoms with van der Waals surface area (Å²) in [6, 6.07) is 5.47. The fourth-order valence-electron chi connectivity index (χ4n) is 1.63. The number of carbonyl (C=O) groups excluding carboxylic acids is 1. The van der Waals surface area contributed by atoms with Gasteiger partial charge in [0.1, 0.15) is 5.75 Å². The van der Waals surface area contributed by atoms with Crippen LogP contribution in [0.1, 0.15) is 5.56 Å². The van der Waals surface area contributed by atoms with Gasteiger partial charge in [-0.3, -0.25) is 0 Å². The molecule has 0 aromatic heterocycles. The Bertz CT molecular complexity index is 438. The van der Waals surface area contributed by atoms with Crippen molar-refractivity contribution in [2.75, 3.05) is 33.2 Å². The largest absolute Gasteiger partial charge is 0.495 e. The molecule has 0 N–H and O–H groups in total. The number of nitrogens with zero attached hydrogens (tertiary/aromatic N) is 1. The van der Waals surface area contributed by atoms with Crippen LogP contribution >= 0.6 is 0 Å². The highest BCUT2D eigenvalue weighted by atomic mass is 16.5. The fraction of sp³-hybridized carbons (Fsp3) is 0.308. The first-order valence-electron chi connectivity index (χ1n) is 5.14. The Hall–Kier alpha value is -1.97. The molecule has 1 rings (SSSR count). The Kier molecular flexibility index (Phi) is 4.15. The molecule has 1 aromatic carbocycles. The molecule has 0 fully saturated rings. The van der Waals surface area contributed by atoms with Crippen molar-refractivity contribution in [3.05, 3.63) is 30.3 Å². The molecule has 4 heteroatoms. The van der Waals surface area contributed by atoms with E-state index in [0.29, 0.717) is 16.9 Å². The maximum Gasteiger partial charge on any atom is 0.337 e. The second-order valence-electron chi connectivity index (χ2n) is 3.72. The van der Waals surface area contributed by atoms with Crippen molar-refractivity contribution >= 4 is 17.2 Å². The van der Waals surface area contributed by atoms with Crippen LogP contribution in [0.5, 0.6) is 5.75 Å². The molecular formula is C13H17NO3. The highest BCUT2D eigenvalue weighted by molar-refractivity contribution is 6.17. The van der Waals surface area contributed by atoms with Crippen molar-refractivity contribution in [1.82, 2.24) is 0 Å². The summed E-state index contributed by atoms with van der Waals surface area (Å²) in [4.78, 5) is 13.4. The van der Waals surface area contributed by atoms with E-state index in [1.54, 1.807) is 7.11 Å². The molecular weight excluding hydrogens is 218 g/mol. The zero-order chi connectivity index (χ0) is 13.0. The zero-order valence-corrected chi connectivity index (χ0v) is 10.6. The molecule has 0 spiro atoms. The molecule has 0 amide bonds. The summed E-state index contributed by atoms with van der Waals surface area (Å²) in [5.74, 6) is 0.249. The lowest BCUT2D eigenvalue weighted by molar-refractivity contribution is -0.133. The number of anilines is 1. The number of hydrogen-bond acceptors (Lipinski definition) is 4. The third-order valence-electron chi connectivity index (χ3n) is 2.42. The van der Waals surface area contributed by atoms with Crippen LogP contribution in [0.2, 0.25) is 0 Å². The van der Waals surface area contributed by atoms with Gasteiger partial charge in [-0.25, -0.2) is 4.79 Å². The summed E-state index contributed by atoms with van der Waals surface area (Å²) in [5, 5.41) is 0. The maximum absolute atomic E-state index is 11.5. The fourth-order valence-corrected chi connectivity index (χ4v) is 1.63. The number of ether oxygens (including phenoxy) is 2. The molecule has 17 heavy (non-hydrogen) atoms. The van der Waals surface area contributed by atoms with Gasteiger partial charge in [0, 0.05) is 19.7 Å². The summed E-state index contributed by atoms with van der Waals surface area (Å²) < 4.78 is 9.95. The number of para-hydroxylation sites is 1. The number of esters is 1. The standard InChI is InChI=1S/C13H17NO3/c1-9(13(15)17-5)10-7-6-8-11(16-4)12(10)14(2)3/h6-8H,1H2,2-5H3. The van der Waals surface area contributed by atoms with Crippen molar-refractivity contribution in [3.63, 3.8) is 0 Å². The molecule has 92 valence electrons. The highest BCUT2D eigenvalue weighted by Gasteiger charge is 2.18. The van der Waals surface area contributed by atoms with Crippen molar-refractivity contribution in [2.24, 2.45) is 0 Å². The Balaban J connectivity index is 3.33. The lowest BCUT2D eigenvalue weighted by Gasteiger charge is -2.20. The molecule has 0 saturated heterocycles. The molecule has 0 unspecified atom stereocenters. The van der Waals surface area contributed by atoms with Crippen LogP contribution in [0, 0.1) is 0 Å². The predicted molar refractivity (Wildman–Crippen MR) is 68.4 cm³/mol. The average molecular weight is 235 g/mol. The van der Waals surface area contributed by atoms with Crippen molar-refractivity contribution < 1.29 is 14.3 Å². The van der Waals surface area contributed by atoms with E-state index in [0.717, 1.165) is 5.69 Å². The highest BCUT2D eigenvalue weighted by Crippen LogP contribution is 2.34. The summed E-state index contributed by atoms with van der Waals surface area (Å²) in [6.45, 7) is 3.76. The quantitative estimate of drug-likeness (QED) is 0.590. The molecule has 0 heterocycles. The number of carbonyl (C=O) groups is 1. The first-order valence-corrected chi connectivity index (χ1v) is 5.14. The molecule has 0 bridgehead atoms. The summed E-state index contributed by atoms with van der Waals surface area (Å²) in [7, 11) is 6.69. The van der Waals surface area contributed by atoms with Crippen LogP contribution in [0.3, 0.4) is 0 Å². The van der Waals surface area contributed by atoms with E-state index < -0.39 is 5.97 Å². The van der Waals surface area contributed by atoms with Crippen LogP contribution < -0.4 is 9.64 Å². The maximum atomic E-state index is 11.5. The number of methoxy groups -OCH3 is 2. The van der Waals surface area contributed by atoms with Gasteiger partial charge in [0.05, 0.1) is 25.5 Å². The van der Waals surface area contributed by atoms with Gasteiger partial charge >= 0.3 is 5.97 Å². The van der Waals surface area contributed by atoms with Gasteiger partial charge in [-0.15, -0.1) is 0 Å². The van der Waals surface area contributed by atoms with Gasteiger partial charge in [0.2, 0.25) is 0 Å². The SMILES string of the molecule is C=C(C(=O)OC)c1cccc(OC)c1N(C)C. The normalized spacial score (nSPS) is 9.65. The predicted octanol–water partition coefficient (Wildman–Crippen LogP) is 1.95. The van der Waals surface area contributed by atoms with Crippen molar-refractivity contribution in [3.8, 4) is 5.75 Å². The van der Waals surface area contributed by atoms with E-state index in [2.05, 4.69) is 11.3 Å². The van der Waals surface area contributed by atoms with Gasteiger partial charge in [-0.05, 0) is 6.07 Å². The van der Waals surface area contributed by atoms with Crippen molar-refractivity contribution in [2.45, 2.75) is 0 Å². The summed E-state index contributed by atoms with van der Waals surface area (Å²) in [6.07, 6.45) is 0. The van der Waals surface area contributed by atoms with E-state index in [-0.39, 0.29) is 0 Å². The van der Waals surface area contributed by atoms with Crippen molar-refractivity contribution in [1.29, 1.82) is 0 Å².